The fourth-order valence-corrected chi connectivity index (χ4v) is 3.90. The lowest BCUT2D eigenvalue weighted by atomic mass is 9.88. The van der Waals surface area contributed by atoms with Crippen LogP contribution < -0.4 is 0 Å². The number of fused-ring (bicyclic) bond motifs is 6. The molecule has 2 bridgehead atoms. The highest BCUT2D eigenvalue weighted by atomic mass is 79.9. The van der Waals surface area contributed by atoms with Gasteiger partial charge < -0.3 is 4.98 Å². The van der Waals surface area contributed by atoms with E-state index in [1.54, 1.807) is 0 Å². The largest absolute Gasteiger partial charge is 0.357 e. The number of hydrogen-bond acceptors (Lipinski definition) is 1. The molecule has 2 atom stereocenters. The fourth-order valence-electron chi connectivity index (χ4n) is 3.44. The monoisotopic (exact) mass is 290 g/mol. The summed E-state index contributed by atoms with van der Waals surface area (Å²) in [7, 11) is 0. The summed E-state index contributed by atoms with van der Waals surface area (Å²) >= 11 is 3.65. The van der Waals surface area contributed by atoms with Gasteiger partial charge in [-0.1, -0.05) is 12.1 Å². The van der Waals surface area contributed by atoms with Crippen LogP contribution in [0.15, 0.2) is 22.7 Å². The van der Waals surface area contributed by atoms with Gasteiger partial charge in [-0.15, -0.1) is 0 Å². The van der Waals surface area contributed by atoms with Crippen molar-refractivity contribution >= 4 is 26.8 Å². The molecule has 2 aliphatic rings. The van der Waals surface area contributed by atoms with E-state index in [1.165, 1.54) is 52.6 Å². The SMILES string of the molecule is Brc1cccc2c3c([nH]c12)[C@H]1CCCN(C3)C1. The summed E-state index contributed by atoms with van der Waals surface area (Å²) in [6.07, 6.45) is 2.69. The van der Waals surface area contributed by atoms with Crippen molar-refractivity contribution in [1.29, 1.82) is 0 Å². The van der Waals surface area contributed by atoms with Crippen molar-refractivity contribution in [3.05, 3.63) is 33.9 Å². The quantitative estimate of drug-likeness (QED) is 0.785. The van der Waals surface area contributed by atoms with E-state index in [0.717, 1.165) is 12.5 Å². The highest BCUT2D eigenvalue weighted by Gasteiger charge is 2.31. The zero-order valence-corrected chi connectivity index (χ0v) is 11.3. The van der Waals surface area contributed by atoms with E-state index in [-0.39, 0.29) is 0 Å². The molecular weight excluding hydrogens is 276 g/mol. The number of hydrogen-bond donors (Lipinski definition) is 1. The first-order valence-corrected chi connectivity index (χ1v) is 7.13. The van der Waals surface area contributed by atoms with Gasteiger partial charge in [0.1, 0.15) is 0 Å². The maximum Gasteiger partial charge on any atom is 0.0603 e. The van der Waals surface area contributed by atoms with Gasteiger partial charge in [0, 0.05) is 34.6 Å². The first-order chi connectivity index (χ1) is 8.33. The Morgan fingerprint density at radius 3 is 3.24 bits per heavy atom. The van der Waals surface area contributed by atoms with E-state index in [1.807, 2.05) is 0 Å². The summed E-state index contributed by atoms with van der Waals surface area (Å²) in [5, 5.41) is 1.41. The molecule has 0 radical (unpaired) electrons. The summed E-state index contributed by atoms with van der Waals surface area (Å²) in [6, 6.07) is 6.51. The first-order valence-electron chi connectivity index (χ1n) is 6.34. The molecule has 17 heavy (non-hydrogen) atoms. The van der Waals surface area contributed by atoms with E-state index < -0.39 is 0 Å². The number of benzene rings is 1. The molecule has 0 amide bonds. The van der Waals surface area contributed by atoms with Crippen molar-refractivity contribution in [3.63, 3.8) is 0 Å². The van der Waals surface area contributed by atoms with Gasteiger partial charge in [0.2, 0.25) is 0 Å². The zero-order valence-electron chi connectivity index (χ0n) is 9.67. The number of aromatic amines is 1. The van der Waals surface area contributed by atoms with Crippen molar-refractivity contribution in [2.75, 3.05) is 13.1 Å². The highest BCUT2D eigenvalue weighted by molar-refractivity contribution is 9.10. The zero-order chi connectivity index (χ0) is 11.4. The number of piperidine rings is 1. The van der Waals surface area contributed by atoms with Crippen LogP contribution in [0.25, 0.3) is 10.9 Å². The Bertz CT molecular complexity index is 587. The summed E-state index contributed by atoms with van der Waals surface area (Å²) in [5.74, 6) is 0.729. The minimum absolute atomic E-state index is 0.729. The molecule has 1 saturated heterocycles. The third kappa shape index (κ3) is 1.42. The van der Waals surface area contributed by atoms with Gasteiger partial charge in [0.15, 0.2) is 0 Å². The minimum Gasteiger partial charge on any atom is -0.357 e. The average molecular weight is 291 g/mol. The maximum absolute atomic E-state index is 3.67. The molecule has 1 N–H and O–H groups in total. The summed E-state index contributed by atoms with van der Waals surface area (Å²) in [5.41, 5.74) is 4.33. The molecule has 2 aliphatic heterocycles. The second-order valence-corrected chi connectivity index (χ2v) is 6.11. The van der Waals surface area contributed by atoms with Crippen LogP contribution in [0.1, 0.15) is 30.0 Å². The number of aromatic nitrogens is 1. The third-order valence-corrected chi connectivity index (χ3v) is 4.88. The molecule has 1 aromatic heterocycles. The minimum atomic E-state index is 0.729. The molecule has 88 valence electrons. The van der Waals surface area contributed by atoms with E-state index in [2.05, 4.69) is 44.0 Å². The molecular formula is C14H15BrN2. The predicted octanol–water partition coefficient (Wildman–Crippen LogP) is 3.62. The van der Waals surface area contributed by atoms with E-state index in [9.17, 15) is 0 Å². The van der Waals surface area contributed by atoms with Crippen LogP contribution in [0.2, 0.25) is 0 Å². The maximum atomic E-state index is 3.67. The Hall–Kier alpha value is -0.800. The predicted molar refractivity (Wildman–Crippen MR) is 73.3 cm³/mol. The van der Waals surface area contributed by atoms with Crippen LogP contribution in [0, 0.1) is 0 Å². The van der Waals surface area contributed by atoms with Crippen molar-refractivity contribution in [3.8, 4) is 0 Å². The summed E-state index contributed by atoms with van der Waals surface area (Å²) in [4.78, 5) is 6.27. The lowest BCUT2D eigenvalue weighted by Gasteiger charge is -2.37. The first kappa shape index (κ1) is 10.2. The number of H-pyrrole nitrogens is 1. The third-order valence-electron chi connectivity index (χ3n) is 4.22. The number of para-hydroxylation sites is 1. The Kier molecular flexibility index (Phi) is 2.15. The Morgan fingerprint density at radius 1 is 1.35 bits per heavy atom. The lowest BCUT2D eigenvalue weighted by Crippen LogP contribution is -2.38. The number of halogens is 1. The average Bonchev–Trinajstić information content (AvgIpc) is 2.71. The van der Waals surface area contributed by atoms with Crippen LogP contribution in [-0.2, 0) is 6.54 Å². The van der Waals surface area contributed by atoms with Crippen LogP contribution in [0.4, 0.5) is 0 Å². The normalized spacial score (nSPS) is 27.1. The Balaban J connectivity index is 1.99. The summed E-state index contributed by atoms with van der Waals surface area (Å²) < 4.78 is 1.19. The van der Waals surface area contributed by atoms with E-state index in [4.69, 9.17) is 0 Å². The molecule has 1 aromatic carbocycles. The van der Waals surface area contributed by atoms with Crippen molar-refractivity contribution in [2.45, 2.75) is 25.3 Å². The molecule has 3 heteroatoms. The van der Waals surface area contributed by atoms with Crippen LogP contribution in [0.3, 0.4) is 0 Å². The van der Waals surface area contributed by atoms with E-state index >= 15 is 0 Å². The molecule has 2 aromatic rings. The Morgan fingerprint density at radius 2 is 2.29 bits per heavy atom. The van der Waals surface area contributed by atoms with Crippen LogP contribution >= 0.6 is 15.9 Å². The Labute approximate surface area is 109 Å². The number of nitrogens with zero attached hydrogens (tertiary/aromatic N) is 1. The van der Waals surface area contributed by atoms with Crippen molar-refractivity contribution in [1.82, 2.24) is 9.88 Å². The fraction of sp³-hybridized carbons (Fsp3) is 0.429. The van der Waals surface area contributed by atoms with Crippen molar-refractivity contribution in [2.24, 2.45) is 0 Å². The molecule has 1 fully saturated rings. The van der Waals surface area contributed by atoms with Gasteiger partial charge in [-0.2, -0.15) is 0 Å². The molecule has 4 rings (SSSR count). The molecule has 2 nitrogen and oxygen atoms in total. The molecule has 0 aliphatic carbocycles. The second kappa shape index (κ2) is 3.59. The molecule has 0 saturated carbocycles. The summed E-state index contributed by atoms with van der Waals surface area (Å²) in [6.45, 7) is 3.65. The second-order valence-electron chi connectivity index (χ2n) is 5.25. The van der Waals surface area contributed by atoms with Gasteiger partial charge >= 0.3 is 0 Å². The molecule has 0 spiro atoms. The van der Waals surface area contributed by atoms with Gasteiger partial charge in [-0.05, 0) is 46.9 Å². The number of nitrogens with one attached hydrogen (secondary N) is 1. The van der Waals surface area contributed by atoms with Gasteiger partial charge in [0.25, 0.3) is 0 Å². The lowest BCUT2D eigenvalue weighted by molar-refractivity contribution is 0.181. The van der Waals surface area contributed by atoms with Crippen molar-refractivity contribution < 1.29 is 0 Å². The highest BCUT2D eigenvalue weighted by Crippen LogP contribution is 2.39. The van der Waals surface area contributed by atoms with Gasteiger partial charge in [0.05, 0.1) is 5.52 Å². The topological polar surface area (TPSA) is 19.0 Å². The van der Waals surface area contributed by atoms with Gasteiger partial charge in [-0.25, -0.2) is 0 Å². The van der Waals surface area contributed by atoms with Crippen LogP contribution in [-0.4, -0.2) is 23.0 Å². The van der Waals surface area contributed by atoms with Gasteiger partial charge in [-0.3, -0.25) is 4.90 Å². The van der Waals surface area contributed by atoms with Crippen LogP contribution in [0.5, 0.6) is 0 Å². The number of rotatable bonds is 0. The van der Waals surface area contributed by atoms with E-state index in [0.29, 0.717) is 0 Å². The molecule has 3 heterocycles. The smallest absolute Gasteiger partial charge is 0.0603 e. The molecule has 1 unspecified atom stereocenters. The standard InChI is InChI=1S/C14H15BrN2/c15-12-5-1-4-10-11-8-17-6-2-3-9(7-17)13(11)16-14(10)12/h1,4-5,9,16H,2-3,6-8H2/t9-/m0/s1.